The SMILES string of the molecule is CCNC(Cc1cn(C)nn1)C1(c2ccccc2)CCC1. The molecule has 21 heavy (non-hydrogen) atoms. The van der Waals surface area contributed by atoms with E-state index in [4.69, 9.17) is 0 Å². The van der Waals surface area contributed by atoms with E-state index in [1.54, 1.807) is 4.68 Å². The Kier molecular flexibility index (Phi) is 4.06. The van der Waals surface area contributed by atoms with Gasteiger partial charge in [0.1, 0.15) is 0 Å². The monoisotopic (exact) mass is 284 g/mol. The van der Waals surface area contributed by atoms with Gasteiger partial charge >= 0.3 is 0 Å². The van der Waals surface area contributed by atoms with E-state index in [-0.39, 0.29) is 5.41 Å². The molecule has 0 spiro atoms. The highest BCUT2D eigenvalue weighted by Crippen LogP contribution is 2.47. The van der Waals surface area contributed by atoms with Gasteiger partial charge < -0.3 is 5.32 Å². The van der Waals surface area contributed by atoms with Crippen molar-refractivity contribution in [1.82, 2.24) is 20.3 Å². The quantitative estimate of drug-likeness (QED) is 0.886. The first kappa shape index (κ1) is 14.3. The Morgan fingerprint density at radius 3 is 2.57 bits per heavy atom. The van der Waals surface area contributed by atoms with Crippen LogP contribution in [0.15, 0.2) is 36.5 Å². The third kappa shape index (κ3) is 2.72. The highest BCUT2D eigenvalue weighted by molar-refractivity contribution is 5.31. The Morgan fingerprint density at radius 2 is 2.05 bits per heavy atom. The molecule has 0 radical (unpaired) electrons. The molecular formula is C17H24N4. The summed E-state index contributed by atoms with van der Waals surface area (Å²) in [4.78, 5) is 0. The van der Waals surface area contributed by atoms with Crippen LogP contribution in [-0.2, 0) is 18.9 Å². The van der Waals surface area contributed by atoms with Gasteiger partial charge in [0, 0.05) is 31.1 Å². The van der Waals surface area contributed by atoms with E-state index in [1.165, 1.54) is 24.8 Å². The minimum absolute atomic E-state index is 0.259. The highest BCUT2D eigenvalue weighted by Gasteiger charge is 2.45. The smallest absolute Gasteiger partial charge is 0.0842 e. The predicted molar refractivity (Wildman–Crippen MR) is 84.1 cm³/mol. The van der Waals surface area contributed by atoms with Crippen LogP contribution in [0.25, 0.3) is 0 Å². The zero-order valence-corrected chi connectivity index (χ0v) is 12.9. The predicted octanol–water partition coefficient (Wildman–Crippen LogP) is 2.46. The van der Waals surface area contributed by atoms with Gasteiger partial charge in [-0.05, 0) is 24.9 Å². The van der Waals surface area contributed by atoms with Crippen molar-refractivity contribution in [3.8, 4) is 0 Å². The first-order valence-corrected chi connectivity index (χ1v) is 7.89. The molecule has 1 N–H and O–H groups in total. The van der Waals surface area contributed by atoms with Crippen LogP contribution in [0.2, 0.25) is 0 Å². The Balaban J connectivity index is 1.87. The molecule has 0 amide bonds. The number of hydrogen-bond donors (Lipinski definition) is 1. The molecule has 112 valence electrons. The van der Waals surface area contributed by atoms with Crippen LogP contribution in [-0.4, -0.2) is 27.6 Å². The maximum atomic E-state index is 4.28. The van der Waals surface area contributed by atoms with E-state index < -0.39 is 0 Å². The summed E-state index contributed by atoms with van der Waals surface area (Å²) in [6.07, 6.45) is 6.80. The molecule has 1 atom stereocenters. The van der Waals surface area contributed by atoms with Gasteiger partial charge in [-0.2, -0.15) is 0 Å². The summed E-state index contributed by atoms with van der Waals surface area (Å²) in [5.74, 6) is 0. The molecule has 1 heterocycles. The van der Waals surface area contributed by atoms with Crippen molar-refractivity contribution in [2.24, 2.45) is 7.05 Å². The minimum Gasteiger partial charge on any atom is -0.313 e. The molecule has 1 aliphatic rings. The minimum atomic E-state index is 0.259. The number of aryl methyl sites for hydroxylation is 1. The second-order valence-corrected chi connectivity index (χ2v) is 6.07. The molecule has 0 aliphatic heterocycles. The van der Waals surface area contributed by atoms with Crippen molar-refractivity contribution < 1.29 is 0 Å². The number of rotatable bonds is 6. The fraction of sp³-hybridized carbons (Fsp3) is 0.529. The summed E-state index contributed by atoms with van der Waals surface area (Å²) in [6, 6.07) is 11.4. The molecule has 1 aromatic heterocycles. The summed E-state index contributed by atoms with van der Waals surface area (Å²) in [5.41, 5.74) is 2.80. The summed E-state index contributed by atoms with van der Waals surface area (Å²) in [6.45, 7) is 3.17. The van der Waals surface area contributed by atoms with Gasteiger partial charge in [-0.1, -0.05) is 48.9 Å². The molecular weight excluding hydrogens is 260 g/mol. The number of aromatic nitrogens is 3. The number of likely N-dealkylation sites (N-methyl/N-ethyl adjacent to an activating group) is 1. The fourth-order valence-electron chi connectivity index (χ4n) is 3.57. The lowest BCUT2D eigenvalue weighted by molar-refractivity contribution is 0.168. The molecule has 1 fully saturated rings. The highest BCUT2D eigenvalue weighted by atomic mass is 15.4. The lowest BCUT2D eigenvalue weighted by atomic mass is 9.59. The van der Waals surface area contributed by atoms with Crippen molar-refractivity contribution in [2.45, 2.75) is 44.1 Å². The summed E-state index contributed by atoms with van der Waals surface area (Å²) in [7, 11) is 1.93. The summed E-state index contributed by atoms with van der Waals surface area (Å²) in [5, 5.41) is 12.0. The Morgan fingerprint density at radius 1 is 1.29 bits per heavy atom. The van der Waals surface area contributed by atoms with Gasteiger partial charge in [0.25, 0.3) is 0 Å². The van der Waals surface area contributed by atoms with Crippen LogP contribution < -0.4 is 5.32 Å². The maximum Gasteiger partial charge on any atom is 0.0842 e. The number of hydrogen-bond acceptors (Lipinski definition) is 3. The number of benzene rings is 1. The molecule has 4 heteroatoms. The molecule has 1 aromatic carbocycles. The topological polar surface area (TPSA) is 42.7 Å². The molecule has 0 bridgehead atoms. The fourth-order valence-corrected chi connectivity index (χ4v) is 3.57. The number of nitrogens with zero attached hydrogens (tertiary/aromatic N) is 3. The van der Waals surface area contributed by atoms with E-state index in [9.17, 15) is 0 Å². The lowest BCUT2D eigenvalue weighted by Gasteiger charge is -2.48. The second kappa shape index (κ2) is 5.98. The van der Waals surface area contributed by atoms with Crippen LogP contribution in [0.5, 0.6) is 0 Å². The molecule has 1 saturated carbocycles. The van der Waals surface area contributed by atoms with Crippen molar-refractivity contribution in [3.05, 3.63) is 47.8 Å². The second-order valence-electron chi connectivity index (χ2n) is 6.07. The average molecular weight is 284 g/mol. The van der Waals surface area contributed by atoms with Gasteiger partial charge in [0.15, 0.2) is 0 Å². The first-order valence-electron chi connectivity index (χ1n) is 7.89. The maximum absolute atomic E-state index is 4.28. The third-order valence-corrected chi connectivity index (χ3v) is 4.78. The van der Waals surface area contributed by atoms with Crippen LogP contribution in [0.1, 0.15) is 37.4 Å². The summed E-state index contributed by atoms with van der Waals surface area (Å²) < 4.78 is 1.79. The molecule has 3 rings (SSSR count). The van der Waals surface area contributed by atoms with E-state index in [0.29, 0.717) is 6.04 Å². The number of nitrogens with one attached hydrogen (secondary N) is 1. The van der Waals surface area contributed by atoms with E-state index in [0.717, 1.165) is 18.7 Å². The van der Waals surface area contributed by atoms with Crippen molar-refractivity contribution in [2.75, 3.05) is 6.54 Å². The van der Waals surface area contributed by atoms with Crippen LogP contribution in [0, 0.1) is 0 Å². The average Bonchev–Trinajstić information content (AvgIpc) is 2.84. The van der Waals surface area contributed by atoms with E-state index in [2.05, 4.69) is 52.9 Å². The molecule has 2 aromatic rings. The normalized spacial score (nSPS) is 18.2. The van der Waals surface area contributed by atoms with Crippen LogP contribution in [0.3, 0.4) is 0 Å². The van der Waals surface area contributed by atoms with E-state index in [1.807, 2.05) is 13.2 Å². The molecule has 0 saturated heterocycles. The molecule has 1 aliphatic carbocycles. The summed E-state index contributed by atoms with van der Waals surface area (Å²) >= 11 is 0. The molecule has 1 unspecified atom stereocenters. The lowest BCUT2D eigenvalue weighted by Crippen LogP contribution is -2.53. The Hall–Kier alpha value is -1.68. The molecule has 4 nitrogen and oxygen atoms in total. The Bertz CT molecular complexity index is 571. The largest absolute Gasteiger partial charge is 0.313 e. The van der Waals surface area contributed by atoms with Crippen molar-refractivity contribution >= 4 is 0 Å². The van der Waals surface area contributed by atoms with Crippen LogP contribution in [0.4, 0.5) is 0 Å². The van der Waals surface area contributed by atoms with Gasteiger partial charge in [-0.25, -0.2) is 0 Å². The third-order valence-electron chi connectivity index (χ3n) is 4.78. The van der Waals surface area contributed by atoms with Gasteiger partial charge in [-0.15, -0.1) is 5.10 Å². The van der Waals surface area contributed by atoms with Crippen LogP contribution >= 0.6 is 0 Å². The zero-order valence-electron chi connectivity index (χ0n) is 12.9. The van der Waals surface area contributed by atoms with Gasteiger partial charge in [0.2, 0.25) is 0 Å². The van der Waals surface area contributed by atoms with Crippen molar-refractivity contribution in [3.63, 3.8) is 0 Å². The first-order chi connectivity index (χ1) is 10.2. The standard InChI is InChI=1S/C17H24N4/c1-3-18-16(12-15-13-21(2)20-19-15)17(10-7-11-17)14-8-5-4-6-9-14/h4-6,8-9,13,16,18H,3,7,10-12H2,1-2H3. The van der Waals surface area contributed by atoms with E-state index >= 15 is 0 Å². The van der Waals surface area contributed by atoms with Crippen molar-refractivity contribution in [1.29, 1.82) is 0 Å². The zero-order chi connectivity index (χ0) is 14.7. The Labute approximate surface area is 126 Å². The van der Waals surface area contributed by atoms with Gasteiger partial charge in [0.05, 0.1) is 5.69 Å². The van der Waals surface area contributed by atoms with Gasteiger partial charge in [-0.3, -0.25) is 4.68 Å².